The Balaban J connectivity index is 2.81. The van der Waals surface area contributed by atoms with E-state index in [-0.39, 0.29) is 0 Å². The van der Waals surface area contributed by atoms with Gasteiger partial charge < -0.3 is 10.1 Å². The maximum absolute atomic E-state index is 7.60. The fourth-order valence-electron chi connectivity index (χ4n) is 1.06. The number of rotatable bonds is 3. The number of nitrogens with one attached hydrogen (secondary N) is 1. The highest BCUT2D eigenvalue weighted by Gasteiger charge is 1.99. The predicted octanol–water partition coefficient (Wildman–Crippen LogP) is 2.01. The van der Waals surface area contributed by atoms with Crippen molar-refractivity contribution in [1.29, 1.82) is 5.41 Å². The molecule has 1 rings (SSSR count). The summed E-state index contributed by atoms with van der Waals surface area (Å²) in [6.45, 7) is 2.40. The third kappa shape index (κ3) is 2.17. The van der Waals surface area contributed by atoms with Crippen LogP contribution in [0.5, 0.6) is 0 Å². The number of aryl methyl sites for hydroxylation is 1. The molecule has 0 amide bonds. The SMILES string of the molecule is COCC(=N)c1cccc(C)c1. The van der Waals surface area contributed by atoms with Gasteiger partial charge in [-0.25, -0.2) is 0 Å². The molecule has 0 aliphatic rings. The van der Waals surface area contributed by atoms with Gasteiger partial charge in [-0.2, -0.15) is 0 Å². The third-order valence-electron chi connectivity index (χ3n) is 1.66. The fraction of sp³-hybridized carbons (Fsp3) is 0.300. The molecule has 0 aliphatic heterocycles. The van der Waals surface area contributed by atoms with Crippen molar-refractivity contribution in [1.82, 2.24) is 0 Å². The highest BCUT2D eigenvalue weighted by Crippen LogP contribution is 2.04. The molecule has 12 heavy (non-hydrogen) atoms. The summed E-state index contributed by atoms with van der Waals surface area (Å²) in [5, 5.41) is 7.60. The van der Waals surface area contributed by atoms with Crippen LogP contribution in [0.4, 0.5) is 0 Å². The Kier molecular flexibility index (Phi) is 3.00. The topological polar surface area (TPSA) is 33.1 Å². The van der Waals surface area contributed by atoms with Gasteiger partial charge >= 0.3 is 0 Å². The van der Waals surface area contributed by atoms with E-state index < -0.39 is 0 Å². The Morgan fingerprint density at radius 1 is 1.50 bits per heavy atom. The lowest BCUT2D eigenvalue weighted by atomic mass is 10.1. The van der Waals surface area contributed by atoms with Crippen molar-refractivity contribution in [3.8, 4) is 0 Å². The fourth-order valence-corrected chi connectivity index (χ4v) is 1.06. The van der Waals surface area contributed by atoms with Crippen LogP contribution in [-0.4, -0.2) is 19.4 Å². The highest BCUT2D eigenvalue weighted by molar-refractivity contribution is 5.99. The Morgan fingerprint density at radius 3 is 2.83 bits per heavy atom. The lowest BCUT2D eigenvalue weighted by Gasteiger charge is -2.02. The van der Waals surface area contributed by atoms with Crippen LogP contribution in [0, 0.1) is 12.3 Å². The molecule has 1 N–H and O–H groups in total. The molecule has 0 fully saturated rings. The maximum Gasteiger partial charge on any atom is 0.0883 e. The molecule has 0 radical (unpaired) electrons. The van der Waals surface area contributed by atoms with E-state index in [4.69, 9.17) is 10.1 Å². The smallest absolute Gasteiger partial charge is 0.0883 e. The normalized spacial score (nSPS) is 9.83. The second kappa shape index (κ2) is 4.02. The molecule has 0 heterocycles. The van der Waals surface area contributed by atoms with Crippen molar-refractivity contribution in [2.24, 2.45) is 0 Å². The molecule has 64 valence electrons. The van der Waals surface area contributed by atoms with Crippen LogP contribution in [-0.2, 0) is 4.74 Å². The van der Waals surface area contributed by atoms with E-state index in [2.05, 4.69) is 0 Å². The van der Waals surface area contributed by atoms with E-state index in [1.54, 1.807) is 7.11 Å². The van der Waals surface area contributed by atoms with Crippen LogP contribution in [0.3, 0.4) is 0 Å². The summed E-state index contributed by atoms with van der Waals surface area (Å²) < 4.78 is 4.87. The number of hydrogen-bond acceptors (Lipinski definition) is 2. The highest BCUT2D eigenvalue weighted by atomic mass is 16.5. The molecule has 2 nitrogen and oxygen atoms in total. The van der Waals surface area contributed by atoms with Crippen LogP contribution in [0.15, 0.2) is 24.3 Å². The van der Waals surface area contributed by atoms with E-state index in [0.717, 1.165) is 5.56 Å². The summed E-state index contributed by atoms with van der Waals surface area (Å²) in [5.41, 5.74) is 2.64. The Hall–Kier alpha value is -1.15. The summed E-state index contributed by atoms with van der Waals surface area (Å²) >= 11 is 0. The number of ether oxygens (including phenoxy) is 1. The molecule has 0 atom stereocenters. The van der Waals surface area contributed by atoms with Gasteiger partial charge in [0, 0.05) is 7.11 Å². The molecule has 0 spiro atoms. The molecular formula is C10H13NO. The zero-order valence-electron chi connectivity index (χ0n) is 7.42. The first-order chi connectivity index (χ1) is 5.74. The van der Waals surface area contributed by atoms with E-state index >= 15 is 0 Å². The van der Waals surface area contributed by atoms with Crippen molar-refractivity contribution in [2.75, 3.05) is 13.7 Å². The number of hydrogen-bond donors (Lipinski definition) is 1. The van der Waals surface area contributed by atoms with Crippen LogP contribution >= 0.6 is 0 Å². The number of methoxy groups -OCH3 is 1. The largest absolute Gasteiger partial charge is 0.378 e. The Bertz CT molecular complexity index is 281. The van der Waals surface area contributed by atoms with Gasteiger partial charge in [-0.05, 0) is 12.5 Å². The first-order valence-corrected chi connectivity index (χ1v) is 3.87. The lowest BCUT2D eigenvalue weighted by Crippen LogP contribution is -2.06. The third-order valence-corrected chi connectivity index (χ3v) is 1.66. The molecule has 0 saturated carbocycles. The monoisotopic (exact) mass is 163 g/mol. The first kappa shape index (κ1) is 8.94. The predicted molar refractivity (Wildman–Crippen MR) is 49.9 cm³/mol. The molecule has 0 unspecified atom stereocenters. The second-order valence-electron chi connectivity index (χ2n) is 2.78. The van der Waals surface area contributed by atoms with Crippen molar-refractivity contribution >= 4 is 5.71 Å². The average Bonchev–Trinajstić information content (AvgIpc) is 2.05. The van der Waals surface area contributed by atoms with E-state index in [0.29, 0.717) is 12.3 Å². The summed E-state index contributed by atoms with van der Waals surface area (Å²) in [6, 6.07) is 7.88. The molecule has 0 saturated heterocycles. The Morgan fingerprint density at radius 2 is 2.25 bits per heavy atom. The van der Waals surface area contributed by atoms with Crippen molar-refractivity contribution in [3.63, 3.8) is 0 Å². The van der Waals surface area contributed by atoms with Gasteiger partial charge in [-0.3, -0.25) is 0 Å². The van der Waals surface area contributed by atoms with Gasteiger partial charge in [0.05, 0.1) is 12.3 Å². The summed E-state index contributed by atoms with van der Waals surface area (Å²) in [4.78, 5) is 0. The van der Waals surface area contributed by atoms with Gasteiger partial charge in [-0.1, -0.05) is 29.8 Å². The van der Waals surface area contributed by atoms with Crippen LogP contribution in [0.1, 0.15) is 11.1 Å². The van der Waals surface area contributed by atoms with Crippen LogP contribution in [0.2, 0.25) is 0 Å². The minimum absolute atomic E-state index is 0.378. The van der Waals surface area contributed by atoms with Gasteiger partial charge in [0.2, 0.25) is 0 Å². The van der Waals surface area contributed by atoms with E-state index in [1.165, 1.54) is 5.56 Å². The minimum Gasteiger partial charge on any atom is -0.378 e. The molecule has 1 aromatic carbocycles. The van der Waals surface area contributed by atoms with E-state index in [1.807, 2.05) is 31.2 Å². The maximum atomic E-state index is 7.60. The van der Waals surface area contributed by atoms with Crippen molar-refractivity contribution in [3.05, 3.63) is 35.4 Å². The van der Waals surface area contributed by atoms with E-state index in [9.17, 15) is 0 Å². The molecule has 0 bridgehead atoms. The summed E-state index contributed by atoms with van der Waals surface area (Å²) in [6.07, 6.45) is 0. The average molecular weight is 163 g/mol. The van der Waals surface area contributed by atoms with Gasteiger partial charge in [-0.15, -0.1) is 0 Å². The van der Waals surface area contributed by atoms with Crippen LogP contribution < -0.4 is 0 Å². The molecule has 0 aromatic heterocycles. The number of benzene rings is 1. The quantitative estimate of drug-likeness (QED) is 0.679. The van der Waals surface area contributed by atoms with Crippen LogP contribution in [0.25, 0.3) is 0 Å². The zero-order valence-corrected chi connectivity index (χ0v) is 7.42. The second-order valence-corrected chi connectivity index (χ2v) is 2.78. The molecule has 1 aromatic rings. The van der Waals surface area contributed by atoms with Gasteiger partial charge in [0.25, 0.3) is 0 Å². The zero-order chi connectivity index (χ0) is 8.97. The molecule has 2 heteroatoms. The first-order valence-electron chi connectivity index (χ1n) is 3.87. The summed E-state index contributed by atoms with van der Waals surface area (Å²) in [5.74, 6) is 0. The minimum atomic E-state index is 0.378. The Labute approximate surface area is 72.7 Å². The molecular weight excluding hydrogens is 150 g/mol. The molecule has 0 aliphatic carbocycles. The van der Waals surface area contributed by atoms with Crippen molar-refractivity contribution in [2.45, 2.75) is 6.92 Å². The van der Waals surface area contributed by atoms with Crippen molar-refractivity contribution < 1.29 is 4.74 Å². The standard InChI is InChI=1S/C10H13NO/c1-8-4-3-5-9(6-8)10(11)7-12-2/h3-6,11H,7H2,1-2H3. The lowest BCUT2D eigenvalue weighted by molar-refractivity contribution is 0.245. The summed E-state index contributed by atoms with van der Waals surface area (Å²) in [7, 11) is 1.60. The van der Waals surface area contributed by atoms with Gasteiger partial charge in [0.15, 0.2) is 0 Å². The van der Waals surface area contributed by atoms with Gasteiger partial charge in [0.1, 0.15) is 0 Å².